The van der Waals surface area contributed by atoms with Gasteiger partial charge in [0.25, 0.3) is 5.91 Å². The van der Waals surface area contributed by atoms with Crippen molar-refractivity contribution in [3.63, 3.8) is 0 Å². The number of amides is 2. The van der Waals surface area contributed by atoms with Crippen molar-refractivity contribution in [1.82, 2.24) is 10.2 Å². The first-order chi connectivity index (χ1) is 12.1. The molecule has 0 aromatic heterocycles. The molecule has 2 rings (SSSR count). The third-order valence-electron chi connectivity index (χ3n) is 4.09. The average molecular weight is 433 g/mol. The Hall–Kier alpha value is -1.70. The number of ether oxygens (including phenoxy) is 1. The van der Waals surface area contributed by atoms with Gasteiger partial charge in [0.15, 0.2) is 0 Å². The molecule has 0 unspecified atom stereocenters. The summed E-state index contributed by atoms with van der Waals surface area (Å²) >= 11 is 2.95. The van der Waals surface area contributed by atoms with Crippen LogP contribution in [0.15, 0.2) is 16.6 Å². The lowest BCUT2D eigenvalue weighted by molar-refractivity contribution is 0.0499. The van der Waals surface area contributed by atoms with Crippen LogP contribution in [0.25, 0.3) is 0 Å². The van der Waals surface area contributed by atoms with Crippen LogP contribution >= 0.6 is 15.9 Å². The molecule has 144 valence electrons. The van der Waals surface area contributed by atoms with Crippen molar-refractivity contribution in [3.05, 3.63) is 33.8 Å². The molecule has 0 saturated carbocycles. The minimum Gasteiger partial charge on any atom is -0.444 e. The Labute approximate surface area is 160 Å². The van der Waals surface area contributed by atoms with Crippen LogP contribution in [0.2, 0.25) is 0 Å². The van der Waals surface area contributed by atoms with Crippen LogP contribution in [0.3, 0.4) is 0 Å². The van der Waals surface area contributed by atoms with E-state index in [1.165, 1.54) is 4.90 Å². The molecule has 1 aromatic rings. The van der Waals surface area contributed by atoms with Crippen LogP contribution in [-0.2, 0) is 4.74 Å². The molecule has 1 N–H and O–H groups in total. The Morgan fingerprint density at radius 3 is 2.38 bits per heavy atom. The van der Waals surface area contributed by atoms with Crippen LogP contribution in [0.5, 0.6) is 0 Å². The molecule has 0 bridgehead atoms. The quantitative estimate of drug-likeness (QED) is 0.731. The van der Waals surface area contributed by atoms with Gasteiger partial charge >= 0.3 is 6.09 Å². The van der Waals surface area contributed by atoms with Crippen LogP contribution in [0, 0.1) is 17.6 Å². The fourth-order valence-electron chi connectivity index (χ4n) is 2.76. The third kappa shape index (κ3) is 5.40. The molecule has 1 aliphatic rings. The SMILES string of the molecule is CC(C)(C)OC(=O)NCC1CCN(C(=O)c2c(F)ccc(F)c2Br)CC1. The maximum Gasteiger partial charge on any atom is 0.407 e. The maximum atomic E-state index is 14.0. The highest BCUT2D eigenvalue weighted by Gasteiger charge is 2.28. The molecule has 26 heavy (non-hydrogen) atoms. The molecule has 0 radical (unpaired) electrons. The lowest BCUT2D eigenvalue weighted by Crippen LogP contribution is -2.42. The predicted molar refractivity (Wildman–Crippen MR) is 96.9 cm³/mol. The van der Waals surface area contributed by atoms with E-state index < -0.39 is 29.2 Å². The van der Waals surface area contributed by atoms with E-state index in [2.05, 4.69) is 21.2 Å². The minimum absolute atomic E-state index is 0.156. The fourth-order valence-corrected chi connectivity index (χ4v) is 3.25. The first kappa shape index (κ1) is 20.6. The molecular weight excluding hydrogens is 410 g/mol. The van der Waals surface area contributed by atoms with Gasteiger partial charge in [-0.1, -0.05) is 0 Å². The first-order valence-corrected chi connectivity index (χ1v) is 9.27. The smallest absolute Gasteiger partial charge is 0.407 e. The Morgan fingerprint density at radius 1 is 1.23 bits per heavy atom. The van der Waals surface area contributed by atoms with Crippen LogP contribution in [-0.4, -0.2) is 42.1 Å². The van der Waals surface area contributed by atoms with Crippen LogP contribution < -0.4 is 5.32 Å². The summed E-state index contributed by atoms with van der Waals surface area (Å²) in [5.74, 6) is -1.76. The van der Waals surface area contributed by atoms with E-state index in [1.54, 1.807) is 20.8 Å². The predicted octanol–water partition coefficient (Wildman–Crippen LogP) is 4.10. The number of carbonyl (C=O) groups is 2. The van der Waals surface area contributed by atoms with E-state index in [4.69, 9.17) is 4.74 Å². The summed E-state index contributed by atoms with van der Waals surface area (Å²) < 4.78 is 32.6. The number of benzene rings is 1. The molecule has 0 spiro atoms. The highest BCUT2D eigenvalue weighted by atomic mass is 79.9. The first-order valence-electron chi connectivity index (χ1n) is 8.48. The lowest BCUT2D eigenvalue weighted by atomic mass is 9.96. The van der Waals surface area contributed by atoms with Crippen molar-refractivity contribution < 1.29 is 23.1 Å². The largest absolute Gasteiger partial charge is 0.444 e. The van der Waals surface area contributed by atoms with Gasteiger partial charge in [-0.05, 0) is 67.6 Å². The summed E-state index contributed by atoms with van der Waals surface area (Å²) in [5, 5.41) is 2.73. The van der Waals surface area contributed by atoms with Crippen LogP contribution in [0.1, 0.15) is 44.0 Å². The second-order valence-electron chi connectivity index (χ2n) is 7.34. The maximum absolute atomic E-state index is 14.0. The van der Waals surface area contributed by atoms with E-state index in [9.17, 15) is 18.4 Å². The van der Waals surface area contributed by atoms with Crippen molar-refractivity contribution in [2.24, 2.45) is 5.92 Å². The molecule has 1 aliphatic heterocycles. The molecule has 0 aliphatic carbocycles. The van der Waals surface area contributed by atoms with E-state index in [-0.39, 0.29) is 16.0 Å². The van der Waals surface area contributed by atoms with Crippen molar-refractivity contribution in [1.29, 1.82) is 0 Å². The van der Waals surface area contributed by atoms with Gasteiger partial charge < -0.3 is 15.0 Å². The average Bonchev–Trinajstić information content (AvgIpc) is 2.55. The fraction of sp³-hybridized carbons (Fsp3) is 0.556. The molecular formula is C18H23BrF2N2O3. The highest BCUT2D eigenvalue weighted by molar-refractivity contribution is 9.10. The van der Waals surface area contributed by atoms with E-state index in [1.807, 2.05) is 0 Å². The molecule has 1 fully saturated rings. The zero-order chi connectivity index (χ0) is 19.5. The Bertz CT molecular complexity index is 684. The third-order valence-corrected chi connectivity index (χ3v) is 4.87. The molecule has 0 atom stereocenters. The van der Waals surface area contributed by atoms with Gasteiger partial charge in [-0.3, -0.25) is 4.79 Å². The second-order valence-corrected chi connectivity index (χ2v) is 8.13. The summed E-state index contributed by atoms with van der Waals surface area (Å²) in [7, 11) is 0. The number of nitrogens with zero attached hydrogens (tertiary/aromatic N) is 1. The second kappa shape index (κ2) is 8.33. The molecule has 8 heteroatoms. The summed E-state index contributed by atoms with van der Waals surface area (Å²) in [6, 6.07) is 1.93. The summed E-state index contributed by atoms with van der Waals surface area (Å²) in [5.41, 5.74) is -0.835. The Balaban J connectivity index is 1.88. The highest BCUT2D eigenvalue weighted by Crippen LogP contribution is 2.27. The van der Waals surface area contributed by atoms with Crippen molar-refractivity contribution in [3.8, 4) is 0 Å². The standard InChI is InChI=1S/C18H23BrF2N2O3/c1-18(2,3)26-17(25)22-10-11-6-8-23(9-7-11)16(24)14-12(20)4-5-13(21)15(14)19/h4-5,11H,6-10H2,1-3H3,(H,22,25). The van der Waals surface area contributed by atoms with Gasteiger partial charge in [-0.15, -0.1) is 0 Å². The van der Waals surface area contributed by atoms with Gasteiger partial charge in [-0.25, -0.2) is 13.6 Å². The van der Waals surface area contributed by atoms with E-state index in [0.29, 0.717) is 32.5 Å². The molecule has 2 amide bonds. The van der Waals surface area contributed by atoms with E-state index >= 15 is 0 Å². The van der Waals surface area contributed by atoms with Gasteiger partial charge in [0.05, 0.1) is 10.0 Å². The Kier molecular flexibility index (Phi) is 6.60. The monoisotopic (exact) mass is 432 g/mol. The number of hydrogen-bond donors (Lipinski definition) is 1. The molecule has 1 aromatic carbocycles. The molecule has 1 heterocycles. The van der Waals surface area contributed by atoms with Gasteiger partial charge in [0, 0.05) is 19.6 Å². The van der Waals surface area contributed by atoms with Gasteiger partial charge in [0.2, 0.25) is 0 Å². The number of rotatable bonds is 3. The number of carbonyl (C=O) groups excluding carboxylic acids is 2. The number of nitrogens with one attached hydrogen (secondary N) is 1. The zero-order valence-electron chi connectivity index (χ0n) is 15.1. The normalized spacial score (nSPS) is 15.7. The lowest BCUT2D eigenvalue weighted by Gasteiger charge is -2.32. The number of alkyl carbamates (subject to hydrolysis) is 1. The number of hydrogen-bond acceptors (Lipinski definition) is 3. The topological polar surface area (TPSA) is 58.6 Å². The zero-order valence-corrected chi connectivity index (χ0v) is 16.7. The van der Waals surface area contributed by atoms with E-state index in [0.717, 1.165) is 12.1 Å². The van der Waals surface area contributed by atoms with Gasteiger partial charge in [-0.2, -0.15) is 0 Å². The number of halogens is 3. The number of likely N-dealkylation sites (tertiary alicyclic amines) is 1. The van der Waals surface area contributed by atoms with Crippen LogP contribution in [0.4, 0.5) is 13.6 Å². The van der Waals surface area contributed by atoms with Crippen molar-refractivity contribution >= 4 is 27.9 Å². The molecule has 5 nitrogen and oxygen atoms in total. The van der Waals surface area contributed by atoms with Crippen molar-refractivity contribution in [2.45, 2.75) is 39.2 Å². The minimum atomic E-state index is -0.753. The summed E-state index contributed by atoms with van der Waals surface area (Å²) in [6.07, 6.45) is 0.855. The summed E-state index contributed by atoms with van der Waals surface area (Å²) in [4.78, 5) is 25.7. The number of piperidine rings is 1. The van der Waals surface area contributed by atoms with Gasteiger partial charge in [0.1, 0.15) is 17.2 Å². The van der Waals surface area contributed by atoms with Crippen molar-refractivity contribution in [2.75, 3.05) is 19.6 Å². The summed E-state index contributed by atoms with van der Waals surface area (Å²) in [6.45, 7) is 6.67. The Morgan fingerprint density at radius 2 is 1.81 bits per heavy atom. The molecule has 1 saturated heterocycles.